The molecular formula is C21H20Cl2FN3O3. The smallest absolute Gasteiger partial charge is 0.283 e. The van der Waals surface area contributed by atoms with Crippen molar-refractivity contribution in [3.05, 3.63) is 62.9 Å². The first-order chi connectivity index (χ1) is 14.4. The SMILES string of the molecule is COCc1cc(Cl)cnc1C(=O)Cc1ccc(Cl)c([C@@]2(CF)N=C(N)O[C@@H]3C[C@@H]32)c1. The molecule has 1 aromatic heterocycles. The Morgan fingerprint density at radius 2 is 2.20 bits per heavy atom. The molecule has 0 saturated heterocycles. The first kappa shape index (κ1) is 21.0. The van der Waals surface area contributed by atoms with Crippen molar-refractivity contribution in [2.24, 2.45) is 16.6 Å². The molecule has 1 aliphatic carbocycles. The summed E-state index contributed by atoms with van der Waals surface area (Å²) in [6, 6.07) is 6.73. The average molecular weight is 452 g/mol. The highest BCUT2D eigenvalue weighted by Gasteiger charge is 2.59. The maximum atomic E-state index is 14.3. The van der Waals surface area contributed by atoms with Crippen LogP contribution in [0.15, 0.2) is 35.5 Å². The highest BCUT2D eigenvalue weighted by molar-refractivity contribution is 6.31. The van der Waals surface area contributed by atoms with Crippen molar-refractivity contribution in [3.8, 4) is 0 Å². The number of Topliss-reactive ketones (excluding diaryl/α,β-unsaturated/α-hetero) is 1. The fourth-order valence-electron chi connectivity index (χ4n) is 4.01. The van der Waals surface area contributed by atoms with Crippen LogP contribution in [0, 0.1) is 5.92 Å². The Hall–Kier alpha value is -2.22. The van der Waals surface area contributed by atoms with Crippen LogP contribution in [-0.4, -0.2) is 36.7 Å². The Morgan fingerprint density at radius 1 is 1.40 bits per heavy atom. The number of hydrogen-bond acceptors (Lipinski definition) is 6. The molecule has 3 atom stereocenters. The minimum atomic E-state index is -1.19. The standard InChI is InChI=1S/C21H20Cl2FN3O3/c1-29-9-12-6-13(22)8-26-19(12)17(28)5-11-2-3-16(23)14(4-11)21(10-24)15-7-18(15)30-20(25)27-21/h2-4,6,8,15,18H,5,7,9-10H2,1H3,(H2,25,27)/t15-,18+,21+/m0/s1. The Labute approximate surface area is 183 Å². The summed E-state index contributed by atoms with van der Waals surface area (Å²) < 4.78 is 24.9. The number of rotatable bonds is 7. The molecule has 4 rings (SSSR count). The summed E-state index contributed by atoms with van der Waals surface area (Å²) >= 11 is 12.4. The number of alkyl halides is 1. The predicted octanol–water partition coefficient (Wildman–Crippen LogP) is 3.86. The van der Waals surface area contributed by atoms with E-state index in [9.17, 15) is 9.18 Å². The molecule has 0 bridgehead atoms. The van der Waals surface area contributed by atoms with E-state index in [0.717, 1.165) is 0 Å². The molecule has 9 heteroatoms. The zero-order valence-electron chi connectivity index (χ0n) is 16.2. The molecule has 30 heavy (non-hydrogen) atoms. The number of halogens is 3. The van der Waals surface area contributed by atoms with Crippen LogP contribution in [0.1, 0.15) is 33.6 Å². The highest BCUT2D eigenvalue weighted by atomic mass is 35.5. The van der Waals surface area contributed by atoms with Crippen molar-refractivity contribution in [2.75, 3.05) is 13.8 Å². The fourth-order valence-corrected chi connectivity index (χ4v) is 4.47. The van der Waals surface area contributed by atoms with Gasteiger partial charge in [0.15, 0.2) is 5.78 Å². The van der Waals surface area contributed by atoms with Crippen LogP contribution in [0.2, 0.25) is 10.0 Å². The molecule has 0 amide bonds. The van der Waals surface area contributed by atoms with Gasteiger partial charge in [0.05, 0.1) is 11.6 Å². The molecule has 158 valence electrons. The maximum absolute atomic E-state index is 14.3. The van der Waals surface area contributed by atoms with Crippen LogP contribution < -0.4 is 5.73 Å². The largest absolute Gasteiger partial charge is 0.462 e. The molecule has 6 nitrogen and oxygen atoms in total. The van der Waals surface area contributed by atoms with Gasteiger partial charge in [-0.05, 0) is 24.1 Å². The number of carbonyl (C=O) groups excluding carboxylic acids is 1. The number of benzene rings is 1. The zero-order chi connectivity index (χ0) is 21.5. The van der Waals surface area contributed by atoms with Crippen LogP contribution in [0.25, 0.3) is 0 Å². The van der Waals surface area contributed by atoms with E-state index in [1.165, 1.54) is 13.3 Å². The molecule has 0 spiro atoms. The molecule has 0 unspecified atom stereocenters. The molecular weight excluding hydrogens is 432 g/mol. The van der Waals surface area contributed by atoms with Gasteiger partial charge in [-0.3, -0.25) is 9.78 Å². The van der Waals surface area contributed by atoms with Gasteiger partial charge in [-0.15, -0.1) is 0 Å². The minimum Gasteiger partial charge on any atom is -0.462 e. The van der Waals surface area contributed by atoms with Crippen molar-refractivity contribution in [2.45, 2.75) is 31.1 Å². The Morgan fingerprint density at radius 3 is 2.93 bits per heavy atom. The molecule has 2 N–H and O–H groups in total. The minimum absolute atomic E-state index is 0.0430. The summed E-state index contributed by atoms with van der Waals surface area (Å²) in [5.74, 6) is -0.343. The van der Waals surface area contributed by atoms with Crippen LogP contribution >= 0.6 is 23.2 Å². The number of pyridine rings is 1. The van der Waals surface area contributed by atoms with Crippen LogP contribution in [0.3, 0.4) is 0 Å². The zero-order valence-corrected chi connectivity index (χ0v) is 17.7. The van der Waals surface area contributed by atoms with E-state index < -0.39 is 12.2 Å². The van der Waals surface area contributed by atoms with Gasteiger partial charge >= 0.3 is 0 Å². The summed E-state index contributed by atoms with van der Waals surface area (Å²) in [7, 11) is 1.53. The van der Waals surface area contributed by atoms with Gasteiger partial charge in [-0.2, -0.15) is 0 Å². The molecule has 2 aliphatic rings. The van der Waals surface area contributed by atoms with Gasteiger partial charge in [0.2, 0.25) is 0 Å². The third-order valence-electron chi connectivity index (χ3n) is 5.49. The van der Waals surface area contributed by atoms with Crippen LogP contribution in [-0.2, 0) is 28.0 Å². The summed E-state index contributed by atoms with van der Waals surface area (Å²) in [6.07, 6.45) is 1.98. The van der Waals surface area contributed by atoms with E-state index in [0.29, 0.717) is 33.2 Å². The first-order valence-electron chi connectivity index (χ1n) is 9.41. The predicted molar refractivity (Wildman–Crippen MR) is 112 cm³/mol. The second kappa shape index (κ2) is 8.13. The third kappa shape index (κ3) is 3.77. The van der Waals surface area contributed by atoms with Gasteiger partial charge in [-0.1, -0.05) is 35.3 Å². The van der Waals surface area contributed by atoms with E-state index in [2.05, 4.69) is 9.98 Å². The van der Waals surface area contributed by atoms with E-state index in [1.807, 2.05) is 0 Å². The number of methoxy groups -OCH3 is 1. The topological polar surface area (TPSA) is 86.8 Å². The van der Waals surface area contributed by atoms with E-state index in [1.54, 1.807) is 24.3 Å². The number of aliphatic imine (C=N–C) groups is 1. The highest BCUT2D eigenvalue weighted by Crippen LogP contribution is 2.54. The van der Waals surface area contributed by atoms with Gasteiger partial charge < -0.3 is 15.2 Å². The van der Waals surface area contributed by atoms with E-state index >= 15 is 0 Å². The van der Waals surface area contributed by atoms with Gasteiger partial charge in [0.25, 0.3) is 6.02 Å². The average Bonchev–Trinajstić information content (AvgIpc) is 3.49. The lowest BCUT2D eigenvalue weighted by molar-refractivity contribution is 0.0982. The molecule has 2 heterocycles. The first-order valence-corrected chi connectivity index (χ1v) is 10.2. The number of carbonyl (C=O) groups is 1. The second-order valence-corrected chi connectivity index (χ2v) is 8.36. The number of fused-ring (bicyclic) bond motifs is 1. The number of nitrogens with zero attached hydrogens (tertiary/aromatic N) is 2. The van der Waals surface area contributed by atoms with Crippen LogP contribution in [0.5, 0.6) is 0 Å². The van der Waals surface area contributed by atoms with Crippen molar-refractivity contribution in [3.63, 3.8) is 0 Å². The van der Waals surface area contributed by atoms with Crippen molar-refractivity contribution >= 4 is 35.0 Å². The van der Waals surface area contributed by atoms with E-state index in [-0.39, 0.29) is 42.5 Å². The summed E-state index contributed by atoms with van der Waals surface area (Å²) in [5, 5.41) is 0.795. The van der Waals surface area contributed by atoms with Crippen molar-refractivity contribution in [1.29, 1.82) is 0 Å². The summed E-state index contributed by atoms with van der Waals surface area (Å²) in [4.78, 5) is 21.4. The quantitative estimate of drug-likeness (QED) is 0.645. The maximum Gasteiger partial charge on any atom is 0.283 e. The molecule has 0 radical (unpaired) electrons. The second-order valence-electron chi connectivity index (χ2n) is 7.51. The fraction of sp³-hybridized carbons (Fsp3) is 0.381. The molecule has 1 aliphatic heterocycles. The molecule has 2 aromatic rings. The van der Waals surface area contributed by atoms with E-state index in [4.69, 9.17) is 38.4 Å². The van der Waals surface area contributed by atoms with Gasteiger partial charge in [-0.25, -0.2) is 9.38 Å². The Bertz CT molecular complexity index is 1030. The number of nitrogens with two attached hydrogens (primary N) is 1. The summed E-state index contributed by atoms with van der Waals surface area (Å²) in [6.45, 7) is -0.547. The number of hydrogen-bond donors (Lipinski definition) is 1. The Kier molecular flexibility index (Phi) is 5.70. The number of ether oxygens (including phenoxy) is 2. The van der Waals surface area contributed by atoms with Gasteiger partial charge in [0, 0.05) is 41.8 Å². The van der Waals surface area contributed by atoms with Crippen molar-refractivity contribution < 1.29 is 18.7 Å². The molecule has 1 fully saturated rings. The normalized spacial score (nSPS) is 24.6. The molecule has 1 aromatic carbocycles. The third-order valence-corrected chi connectivity index (χ3v) is 6.03. The lowest BCUT2D eigenvalue weighted by atomic mass is 9.84. The number of aromatic nitrogens is 1. The summed E-state index contributed by atoms with van der Waals surface area (Å²) in [5.41, 5.74) is 6.66. The molecule has 1 saturated carbocycles. The Balaban J connectivity index is 1.66. The van der Waals surface area contributed by atoms with Crippen LogP contribution in [0.4, 0.5) is 4.39 Å². The van der Waals surface area contributed by atoms with Gasteiger partial charge in [0.1, 0.15) is 24.0 Å². The lowest BCUT2D eigenvalue weighted by Crippen LogP contribution is -2.39. The monoisotopic (exact) mass is 451 g/mol. The van der Waals surface area contributed by atoms with Crippen molar-refractivity contribution in [1.82, 2.24) is 4.98 Å². The number of amidine groups is 1. The number of ketones is 1. The lowest BCUT2D eigenvalue weighted by Gasteiger charge is -2.32.